The van der Waals surface area contributed by atoms with E-state index in [1.165, 1.54) is 18.3 Å². The Kier molecular flexibility index (Phi) is 4.33. The molecule has 0 bridgehead atoms. The molecule has 3 rings (SSSR count). The number of nitrogens with one attached hydrogen (secondary N) is 1. The van der Waals surface area contributed by atoms with E-state index in [4.69, 9.17) is 0 Å². The molecule has 0 aliphatic carbocycles. The van der Waals surface area contributed by atoms with Crippen molar-refractivity contribution in [1.29, 1.82) is 0 Å². The Labute approximate surface area is 138 Å². The lowest BCUT2D eigenvalue weighted by atomic mass is 10.3. The highest BCUT2D eigenvalue weighted by atomic mass is 16.6. The lowest BCUT2D eigenvalue weighted by molar-refractivity contribution is -0.384. The molecule has 0 aliphatic heterocycles. The summed E-state index contributed by atoms with van der Waals surface area (Å²) in [5.41, 5.74) is 5.45. The highest BCUT2D eigenvalue weighted by Gasteiger charge is 2.13. The zero-order chi connectivity index (χ0) is 16.9. The molecule has 0 radical (unpaired) electrons. The summed E-state index contributed by atoms with van der Waals surface area (Å²) in [6.07, 6.45) is 3.08. The molecule has 0 unspecified atom stereocenters. The van der Waals surface area contributed by atoms with E-state index >= 15 is 0 Å². The van der Waals surface area contributed by atoms with Crippen LogP contribution in [0.3, 0.4) is 0 Å². The third-order valence-electron chi connectivity index (χ3n) is 3.47. The van der Waals surface area contributed by atoms with E-state index in [-0.39, 0.29) is 11.5 Å². The molecule has 2 heterocycles. The Morgan fingerprint density at radius 2 is 1.96 bits per heavy atom. The second kappa shape index (κ2) is 6.74. The monoisotopic (exact) mass is 321 g/mol. The molecule has 0 spiro atoms. The van der Waals surface area contributed by atoms with Crippen LogP contribution in [-0.2, 0) is 0 Å². The number of aromatic nitrogens is 2. The number of pyridine rings is 1. The van der Waals surface area contributed by atoms with Crippen LogP contribution in [0.4, 0.5) is 11.5 Å². The second-order valence-corrected chi connectivity index (χ2v) is 5.07. The van der Waals surface area contributed by atoms with Gasteiger partial charge in [-0.2, -0.15) is 5.10 Å². The lowest BCUT2D eigenvalue weighted by Gasteiger charge is -2.08. The van der Waals surface area contributed by atoms with Crippen molar-refractivity contribution in [3.63, 3.8) is 0 Å². The molecule has 0 aliphatic rings. The Morgan fingerprint density at radius 1 is 1.17 bits per heavy atom. The number of nitro groups is 1. The molecule has 0 saturated heterocycles. The van der Waals surface area contributed by atoms with Crippen molar-refractivity contribution < 1.29 is 4.92 Å². The van der Waals surface area contributed by atoms with Gasteiger partial charge in [-0.25, -0.2) is 4.98 Å². The van der Waals surface area contributed by atoms with E-state index in [2.05, 4.69) is 15.5 Å². The van der Waals surface area contributed by atoms with E-state index in [1.807, 2.05) is 54.0 Å². The number of hydrazone groups is 1. The third kappa shape index (κ3) is 3.14. The van der Waals surface area contributed by atoms with Gasteiger partial charge in [-0.05, 0) is 37.3 Å². The molecule has 120 valence electrons. The van der Waals surface area contributed by atoms with Crippen LogP contribution in [0.1, 0.15) is 11.4 Å². The van der Waals surface area contributed by atoms with Crippen LogP contribution in [-0.4, -0.2) is 20.7 Å². The van der Waals surface area contributed by atoms with E-state index in [0.717, 1.165) is 17.1 Å². The summed E-state index contributed by atoms with van der Waals surface area (Å²) in [6, 6.07) is 16.7. The zero-order valence-electron chi connectivity index (χ0n) is 13.0. The summed E-state index contributed by atoms with van der Waals surface area (Å²) in [4.78, 5) is 14.4. The van der Waals surface area contributed by atoms with Crippen molar-refractivity contribution in [3.05, 3.63) is 82.3 Å². The zero-order valence-corrected chi connectivity index (χ0v) is 13.0. The van der Waals surface area contributed by atoms with Crippen LogP contribution in [0.15, 0.2) is 65.9 Å². The minimum atomic E-state index is -0.498. The van der Waals surface area contributed by atoms with Gasteiger partial charge in [-0.1, -0.05) is 18.2 Å². The molecule has 0 atom stereocenters. The largest absolute Gasteiger partial charge is 0.313 e. The normalized spacial score (nSPS) is 10.9. The van der Waals surface area contributed by atoms with Gasteiger partial charge in [-0.15, -0.1) is 0 Å². The number of anilines is 1. The fourth-order valence-electron chi connectivity index (χ4n) is 2.38. The lowest BCUT2D eigenvalue weighted by Crippen LogP contribution is -2.03. The van der Waals surface area contributed by atoms with E-state index in [9.17, 15) is 10.1 Å². The van der Waals surface area contributed by atoms with E-state index in [0.29, 0.717) is 0 Å². The Bertz CT molecular complexity index is 887. The molecule has 0 amide bonds. The molecule has 1 aromatic carbocycles. The number of nitrogens with zero attached hydrogens (tertiary/aromatic N) is 4. The van der Waals surface area contributed by atoms with Gasteiger partial charge in [0.2, 0.25) is 5.82 Å². The molecule has 7 nitrogen and oxygen atoms in total. The first-order valence-corrected chi connectivity index (χ1v) is 7.29. The van der Waals surface area contributed by atoms with Gasteiger partial charge in [0, 0.05) is 23.6 Å². The average molecular weight is 321 g/mol. The fraction of sp³-hybridized carbons (Fsp3) is 0.0588. The molecular weight excluding hydrogens is 306 g/mol. The van der Waals surface area contributed by atoms with E-state index in [1.54, 1.807) is 6.21 Å². The first kappa shape index (κ1) is 15.4. The summed E-state index contributed by atoms with van der Waals surface area (Å²) < 4.78 is 2.04. The number of para-hydroxylation sites is 1. The molecule has 1 N–H and O–H groups in total. The number of rotatable bonds is 5. The number of benzene rings is 1. The Hall–Kier alpha value is -3.48. The second-order valence-electron chi connectivity index (χ2n) is 5.07. The van der Waals surface area contributed by atoms with Crippen molar-refractivity contribution in [2.45, 2.75) is 6.92 Å². The van der Waals surface area contributed by atoms with Crippen LogP contribution < -0.4 is 5.43 Å². The van der Waals surface area contributed by atoms with Gasteiger partial charge in [0.05, 0.1) is 16.8 Å². The molecule has 0 fully saturated rings. The van der Waals surface area contributed by atoms with Gasteiger partial charge >= 0.3 is 5.69 Å². The molecule has 3 aromatic rings. The minimum absolute atomic E-state index is 0.105. The predicted octanol–water partition coefficient (Wildman–Crippen LogP) is 3.53. The van der Waals surface area contributed by atoms with Crippen LogP contribution in [0, 0.1) is 17.0 Å². The fourth-order valence-corrected chi connectivity index (χ4v) is 2.38. The van der Waals surface area contributed by atoms with Crippen molar-refractivity contribution in [3.8, 4) is 5.69 Å². The van der Waals surface area contributed by atoms with Gasteiger partial charge < -0.3 is 4.57 Å². The maximum Gasteiger partial charge on any atom is 0.313 e. The van der Waals surface area contributed by atoms with Crippen LogP contribution in [0.5, 0.6) is 0 Å². The summed E-state index contributed by atoms with van der Waals surface area (Å²) in [5, 5.41) is 15.1. The standard InChI is InChI=1S/C17H15N5O2/c1-13-9-10-15(21(13)14-6-3-2-4-7-14)12-19-20-17-16(22(23)24)8-5-11-18-17/h2-12H,1H3,(H,18,20)/b19-12+. The SMILES string of the molecule is Cc1ccc(/C=N/Nc2ncccc2[N+](=O)[O-])n1-c1ccccc1. The number of hydrogen-bond acceptors (Lipinski definition) is 5. The predicted molar refractivity (Wildman–Crippen MR) is 92.6 cm³/mol. The highest BCUT2D eigenvalue weighted by Crippen LogP contribution is 2.20. The van der Waals surface area contributed by atoms with Crippen LogP contribution >= 0.6 is 0 Å². The molecule has 2 aromatic heterocycles. The summed E-state index contributed by atoms with van der Waals surface area (Å²) >= 11 is 0. The van der Waals surface area contributed by atoms with Crippen molar-refractivity contribution in [2.24, 2.45) is 5.10 Å². The molecule has 7 heteroatoms. The summed E-state index contributed by atoms with van der Waals surface area (Å²) in [6.45, 7) is 2.00. The quantitative estimate of drug-likeness (QED) is 0.442. The van der Waals surface area contributed by atoms with Gasteiger partial charge in [0.1, 0.15) is 0 Å². The van der Waals surface area contributed by atoms with Crippen molar-refractivity contribution >= 4 is 17.7 Å². The smallest absolute Gasteiger partial charge is 0.313 e. The van der Waals surface area contributed by atoms with Crippen molar-refractivity contribution in [2.75, 3.05) is 5.43 Å². The van der Waals surface area contributed by atoms with E-state index < -0.39 is 4.92 Å². The van der Waals surface area contributed by atoms with Crippen LogP contribution in [0.25, 0.3) is 5.69 Å². The minimum Gasteiger partial charge on any atom is -0.313 e. The molecular formula is C17H15N5O2. The third-order valence-corrected chi connectivity index (χ3v) is 3.47. The van der Waals surface area contributed by atoms with Gasteiger partial charge in [0.25, 0.3) is 0 Å². The highest BCUT2D eigenvalue weighted by molar-refractivity contribution is 5.80. The number of aryl methyl sites for hydroxylation is 1. The number of hydrogen-bond donors (Lipinski definition) is 1. The first-order valence-electron chi connectivity index (χ1n) is 7.29. The van der Waals surface area contributed by atoms with Crippen molar-refractivity contribution in [1.82, 2.24) is 9.55 Å². The Morgan fingerprint density at radius 3 is 2.71 bits per heavy atom. The summed E-state index contributed by atoms with van der Waals surface area (Å²) in [5.74, 6) is 0.105. The summed E-state index contributed by atoms with van der Waals surface area (Å²) in [7, 11) is 0. The first-order chi connectivity index (χ1) is 11.7. The maximum atomic E-state index is 11.0. The molecule has 24 heavy (non-hydrogen) atoms. The Balaban J connectivity index is 1.86. The van der Waals surface area contributed by atoms with Gasteiger partial charge in [-0.3, -0.25) is 15.5 Å². The average Bonchev–Trinajstić information content (AvgIpc) is 2.96. The van der Waals surface area contributed by atoms with Crippen LogP contribution in [0.2, 0.25) is 0 Å². The van der Waals surface area contributed by atoms with Gasteiger partial charge in [0.15, 0.2) is 0 Å². The topological polar surface area (TPSA) is 85.3 Å². The molecule has 0 saturated carbocycles. The maximum absolute atomic E-state index is 11.0.